The van der Waals surface area contributed by atoms with Gasteiger partial charge in [-0.1, -0.05) is 11.6 Å². The Kier molecular flexibility index (Phi) is 6.74. The van der Waals surface area contributed by atoms with Crippen LogP contribution < -0.4 is 20.1 Å². The van der Waals surface area contributed by atoms with E-state index in [-0.39, 0.29) is 35.4 Å². The Labute approximate surface area is 201 Å². The van der Waals surface area contributed by atoms with Crippen LogP contribution in [-0.2, 0) is 4.79 Å². The maximum atomic E-state index is 14.5. The Morgan fingerprint density at radius 1 is 1.35 bits per heavy atom. The molecule has 0 bridgehead atoms. The van der Waals surface area contributed by atoms with Crippen molar-refractivity contribution in [3.8, 4) is 11.5 Å². The number of rotatable bonds is 7. The Bertz CT molecular complexity index is 1190. The van der Waals surface area contributed by atoms with Gasteiger partial charge in [0.15, 0.2) is 6.61 Å². The minimum atomic E-state index is -0.698. The lowest BCUT2D eigenvalue weighted by Gasteiger charge is -2.39. The van der Waals surface area contributed by atoms with Gasteiger partial charge in [-0.15, -0.1) is 0 Å². The van der Waals surface area contributed by atoms with Crippen LogP contribution in [0.2, 0.25) is 5.02 Å². The first-order valence-corrected chi connectivity index (χ1v) is 11.1. The molecule has 178 valence electrons. The van der Waals surface area contributed by atoms with Gasteiger partial charge in [0.1, 0.15) is 17.3 Å². The molecule has 0 radical (unpaired) electrons. The Morgan fingerprint density at radius 3 is 2.82 bits per heavy atom. The van der Waals surface area contributed by atoms with Crippen LogP contribution in [0.25, 0.3) is 5.57 Å². The second kappa shape index (κ2) is 9.72. The van der Waals surface area contributed by atoms with E-state index in [1.807, 2.05) is 0 Å². The molecular weight excluding hydrogens is 463 g/mol. The summed E-state index contributed by atoms with van der Waals surface area (Å²) < 4.78 is 25.7. The zero-order valence-electron chi connectivity index (χ0n) is 18.7. The van der Waals surface area contributed by atoms with E-state index in [0.29, 0.717) is 47.3 Å². The number of hydrogen-bond acceptors (Lipinski definition) is 6. The fraction of sp³-hybridized carbons (Fsp3) is 0.292. The third kappa shape index (κ3) is 4.84. The van der Waals surface area contributed by atoms with Gasteiger partial charge in [0, 0.05) is 60.2 Å². The first kappa shape index (κ1) is 23.6. The van der Waals surface area contributed by atoms with Gasteiger partial charge in [0.25, 0.3) is 11.8 Å². The highest BCUT2D eigenvalue weighted by Gasteiger charge is 2.34. The smallest absolute Gasteiger partial charge is 0.262 e. The van der Waals surface area contributed by atoms with Gasteiger partial charge < -0.3 is 30.4 Å². The van der Waals surface area contributed by atoms with E-state index in [2.05, 4.69) is 10.6 Å². The molecule has 3 N–H and O–H groups in total. The number of anilines is 1. The highest BCUT2D eigenvalue weighted by atomic mass is 35.5. The highest BCUT2D eigenvalue weighted by molar-refractivity contribution is 6.31. The van der Waals surface area contributed by atoms with E-state index in [9.17, 15) is 14.0 Å². The number of fused-ring (bicyclic) bond motifs is 1. The maximum Gasteiger partial charge on any atom is 0.262 e. The van der Waals surface area contributed by atoms with Crippen LogP contribution in [0.5, 0.6) is 11.5 Å². The monoisotopic (exact) mass is 486 g/mol. The van der Waals surface area contributed by atoms with Crippen LogP contribution in [0, 0.1) is 17.1 Å². The molecule has 2 aliphatic heterocycles. The summed E-state index contributed by atoms with van der Waals surface area (Å²) in [6.45, 7) is 2.65. The van der Waals surface area contributed by atoms with Gasteiger partial charge in [-0.05, 0) is 31.2 Å². The fourth-order valence-corrected chi connectivity index (χ4v) is 4.03. The fourth-order valence-electron chi connectivity index (χ4n) is 3.86. The molecule has 0 unspecified atom stereocenters. The summed E-state index contributed by atoms with van der Waals surface area (Å²) in [5, 5.41) is 14.1. The van der Waals surface area contributed by atoms with Crippen molar-refractivity contribution in [2.45, 2.75) is 6.92 Å². The van der Waals surface area contributed by atoms with Crippen molar-refractivity contribution in [1.82, 2.24) is 10.2 Å². The topological polar surface area (TPSA) is 104 Å². The van der Waals surface area contributed by atoms with Crippen LogP contribution in [0.3, 0.4) is 0 Å². The Hall–Kier alpha value is -3.59. The molecule has 2 heterocycles. The molecule has 0 saturated carbocycles. The standard InChI is InChI=1S/C24H24ClFN4O4/c1-13(27)18(8-28-2)16-5-15(25)3-4-21(16)33-11-14-9-30(10-14)24(32)17-6-20-22(7-19(17)26)34-12-23(31)29-20/h3-8,14,27-28H,9-12H2,1-2H3,(H,29,31)/b18-8+,27-13?. The number of nitrogens with one attached hydrogen (secondary N) is 3. The first-order valence-electron chi connectivity index (χ1n) is 10.7. The van der Waals surface area contributed by atoms with E-state index in [0.717, 1.165) is 6.07 Å². The Balaban J connectivity index is 1.40. The van der Waals surface area contributed by atoms with Crippen LogP contribution in [0.4, 0.5) is 10.1 Å². The van der Waals surface area contributed by atoms with Crippen molar-refractivity contribution in [1.29, 1.82) is 5.41 Å². The van der Waals surface area contributed by atoms with Crippen molar-refractivity contribution in [2.24, 2.45) is 5.92 Å². The number of carbonyl (C=O) groups is 2. The molecule has 34 heavy (non-hydrogen) atoms. The van der Waals surface area contributed by atoms with Crippen LogP contribution in [0.15, 0.2) is 36.5 Å². The van der Waals surface area contributed by atoms with Gasteiger partial charge in [-0.2, -0.15) is 0 Å². The molecule has 0 spiro atoms. The lowest BCUT2D eigenvalue weighted by Crippen LogP contribution is -2.52. The van der Waals surface area contributed by atoms with Crippen molar-refractivity contribution in [2.75, 3.05) is 38.7 Å². The molecule has 0 aromatic heterocycles. The molecule has 2 aliphatic rings. The van der Waals surface area contributed by atoms with Crippen LogP contribution >= 0.6 is 11.6 Å². The molecule has 0 atom stereocenters. The minimum absolute atomic E-state index is 0.0639. The summed E-state index contributed by atoms with van der Waals surface area (Å²) in [6.07, 6.45) is 1.71. The normalized spacial score (nSPS) is 15.6. The third-order valence-corrected chi connectivity index (χ3v) is 5.81. The van der Waals surface area contributed by atoms with Gasteiger partial charge in [0.2, 0.25) is 0 Å². The summed E-state index contributed by atoms with van der Waals surface area (Å²) >= 11 is 6.16. The average molecular weight is 487 g/mol. The number of allylic oxidation sites excluding steroid dienone is 1. The number of halogens is 2. The van der Waals surface area contributed by atoms with Crippen LogP contribution in [-0.4, -0.2) is 55.8 Å². The second-order valence-corrected chi connectivity index (χ2v) is 8.60. The van der Waals surface area contributed by atoms with Gasteiger partial charge in [-0.25, -0.2) is 4.39 Å². The quantitative estimate of drug-likeness (QED) is 0.519. The first-order chi connectivity index (χ1) is 16.3. The highest BCUT2D eigenvalue weighted by Crippen LogP contribution is 2.33. The summed E-state index contributed by atoms with van der Waals surface area (Å²) in [4.78, 5) is 25.8. The summed E-state index contributed by atoms with van der Waals surface area (Å²) in [7, 11) is 1.75. The maximum absolute atomic E-state index is 14.5. The van der Waals surface area contributed by atoms with E-state index in [4.69, 9.17) is 26.5 Å². The largest absolute Gasteiger partial charge is 0.493 e. The third-order valence-electron chi connectivity index (χ3n) is 5.58. The molecular formula is C24H24ClFN4O4. The molecule has 0 aliphatic carbocycles. The summed E-state index contributed by atoms with van der Waals surface area (Å²) in [5.41, 5.74) is 1.87. The molecule has 1 fully saturated rings. The zero-order chi connectivity index (χ0) is 24.4. The molecule has 2 aromatic rings. The molecule has 2 aromatic carbocycles. The van der Waals surface area contributed by atoms with E-state index in [1.54, 1.807) is 38.4 Å². The van der Waals surface area contributed by atoms with E-state index in [1.165, 1.54) is 11.0 Å². The predicted molar refractivity (Wildman–Crippen MR) is 127 cm³/mol. The number of ether oxygens (including phenoxy) is 2. The number of nitrogens with zero attached hydrogens (tertiary/aromatic N) is 1. The van der Waals surface area contributed by atoms with Crippen molar-refractivity contribution in [3.05, 3.63) is 58.5 Å². The minimum Gasteiger partial charge on any atom is -0.493 e. The number of hydrogen-bond donors (Lipinski definition) is 3. The van der Waals surface area contributed by atoms with Gasteiger partial charge in [-0.3, -0.25) is 9.59 Å². The van der Waals surface area contributed by atoms with Crippen molar-refractivity contribution < 1.29 is 23.5 Å². The average Bonchev–Trinajstić information content (AvgIpc) is 2.76. The molecule has 4 rings (SSSR count). The number of amides is 2. The van der Waals surface area contributed by atoms with Crippen molar-refractivity contribution in [3.63, 3.8) is 0 Å². The molecule has 10 heteroatoms. The SMILES string of the molecule is CN/C=C(\C(C)=N)c1cc(Cl)ccc1OCC1CN(C(=O)c2cc3c(cc2F)OCC(=O)N3)C1. The molecule has 2 amide bonds. The Morgan fingerprint density at radius 2 is 2.12 bits per heavy atom. The zero-order valence-corrected chi connectivity index (χ0v) is 19.5. The molecule has 1 saturated heterocycles. The predicted octanol–water partition coefficient (Wildman–Crippen LogP) is 3.56. The summed E-state index contributed by atoms with van der Waals surface area (Å²) in [6, 6.07) is 7.64. The van der Waals surface area contributed by atoms with E-state index < -0.39 is 11.7 Å². The van der Waals surface area contributed by atoms with Gasteiger partial charge in [0.05, 0.1) is 17.9 Å². The summed E-state index contributed by atoms with van der Waals surface area (Å²) in [5.74, 6) is -0.661. The lowest BCUT2D eigenvalue weighted by molar-refractivity contribution is -0.118. The van der Waals surface area contributed by atoms with Gasteiger partial charge >= 0.3 is 0 Å². The van der Waals surface area contributed by atoms with Crippen molar-refractivity contribution >= 4 is 40.4 Å². The lowest BCUT2D eigenvalue weighted by atomic mass is 9.98. The molecule has 8 nitrogen and oxygen atoms in total. The number of likely N-dealkylation sites (tertiary alicyclic amines) is 1. The second-order valence-electron chi connectivity index (χ2n) is 8.16. The number of benzene rings is 2. The van der Waals surface area contributed by atoms with E-state index >= 15 is 0 Å². The number of carbonyl (C=O) groups excluding carboxylic acids is 2. The van der Waals surface area contributed by atoms with Crippen LogP contribution in [0.1, 0.15) is 22.8 Å².